The van der Waals surface area contributed by atoms with E-state index in [1.165, 1.54) is 0 Å². The Bertz CT molecular complexity index is 556. The number of rotatable bonds is 5. The Kier molecular flexibility index (Phi) is 4.82. The maximum absolute atomic E-state index is 12.1. The average Bonchev–Trinajstić information content (AvgIpc) is 2.88. The quantitative estimate of drug-likeness (QED) is 0.879. The summed E-state index contributed by atoms with van der Waals surface area (Å²) >= 11 is 0. The Morgan fingerprint density at radius 2 is 2.17 bits per heavy atom. The summed E-state index contributed by atoms with van der Waals surface area (Å²) < 4.78 is 10.6. The van der Waals surface area contributed by atoms with Crippen LogP contribution in [0.1, 0.15) is 18.4 Å². The number of nitrogens with zero attached hydrogens (tertiary/aromatic N) is 2. The number of hydrogen-bond donors (Lipinski definition) is 1. The van der Waals surface area contributed by atoms with Crippen molar-refractivity contribution in [3.05, 3.63) is 23.9 Å². The van der Waals surface area contributed by atoms with E-state index in [1.54, 1.807) is 20.4 Å². The van der Waals surface area contributed by atoms with Gasteiger partial charge < -0.3 is 14.8 Å². The molecule has 126 valence electrons. The third-order valence-electron chi connectivity index (χ3n) is 5.29. The molecule has 0 bridgehead atoms. The number of carbonyl (C=O) groups excluding carboxylic acids is 1. The molecule has 2 saturated heterocycles. The van der Waals surface area contributed by atoms with Crippen molar-refractivity contribution in [1.82, 2.24) is 15.2 Å². The minimum Gasteiger partial charge on any atom is -0.481 e. The molecule has 23 heavy (non-hydrogen) atoms. The first-order valence-corrected chi connectivity index (χ1v) is 8.15. The summed E-state index contributed by atoms with van der Waals surface area (Å²) in [5.41, 5.74) is 1.17. The highest BCUT2D eigenvalue weighted by molar-refractivity contribution is 5.82. The molecule has 6 heteroatoms. The zero-order chi connectivity index (χ0) is 16.3. The van der Waals surface area contributed by atoms with Crippen molar-refractivity contribution in [2.45, 2.75) is 19.4 Å². The zero-order valence-electron chi connectivity index (χ0n) is 13.9. The van der Waals surface area contributed by atoms with E-state index < -0.39 is 0 Å². The lowest BCUT2D eigenvalue weighted by Gasteiger charge is -2.41. The normalized spacial score (nSPS) is 23.9. The fraction of sp³-hybridized carbons (Fsp3) is 0.647. The van der Waals surface area contributed by atoms with E-state index in [0.717, 1.165) is 44.6 Å². The van der Waals surface area contributed by atoms with E-state index in [9.17, 15) is 4.79 Å². The summed E-state index contributed by atoms with van der Waals surface area (Å²) in [5, 5.41) is 3.03. The second-order valence-electron chi connectivity index (χ2n) is 6.54. The molecule has 1 atom stereocenters. The van der Waals surface area contributed by atoms with Gasteiger partial charge in [-0.1, -0.05) is 6.07 Å². The van der Waals surface area contributed by atoms with Gasteiger partial charge in [0.25, 0.3) is 0 Å². The van der Waals surface area contributed by atoms with E-state index in [0.29, 0.717) is 12.5 Å². The molecular formula is C17H25N3O3. The molecule has 0 aromatic carbocycles. The molecule has 6 nitrogen and oxygen atoms in total. The number of piperidine rings is 1. The van der Waals surface area contributed by atoms with E-state index in [2.05, 4.69) is 21.3 Å². The average molecular weight is 319 g/mol. The van der Waals surface area contributed by atoms with Gasteiger partial charge in [0.15, 0.2) is 0 Å². The lowest BCUT2D eigenvalue weighted by atomic mass is 9.71. The van der Waals surface area contributed by atoms with Crippen LogP contribution in [0, 0.1) is 11.3 Å². The molecule has 1 amide bonds. The molecule has 2 fully saturated rings. The third-order valence-corrected chi connectivity index (χ3v) is 5.29. The Hall–Kier alpha value is -1.66. The van der Waals surface area contributed by atoms with Crippen LogP contribution in [0.3, 0.4) is 0 Å². The number of amides is 1. The summed E-state index contributed by atoms with van der Waals surface area (Å²) in [6.07, 6.45) is 3.78. The number of methoxy groups -OCH3 is 2. The Morgan fingerprint density at radius 1 is 1.39 bits per heavy atom. The van der Waals surface area contributed by atoms with E-state index in [1.807, 2.05) is 6.07 Å². The summed E-state index contributed by atoms with van der Waals surface area (Å²) in [7, 11) is 3.32. The highest BCUT2D eigenvalue weighted by atomic mass is 16.5. The third kappa shape index (κ3) is 3.19. The van der Waals surface area contributed by atoms with Gasteiger partial charge in [-0.15, -0.1) is 0 Å². The fourth-order valence-electron chi connectivity index (χ4n) is 3.86. The van der Waals surface area contributed by atoms with E-state index >= 15 is 0 Å². The van der Waals surface area contributed by atoms with Crippen molar-refractivity contribution in [2.24, 2.45) is 11.3 Å². The van der Waals surface area contributed by atoms with Crippen LogP contribution in [0.25, 0.3) is 0 Å². The van der Waals surface area contributed by atoms with Crippen molar-refractivity contribution < 1.29 is 14.3 Å². The van der Waals surface area contributed by atoms with E-state index in [4.69, 9.17) is 9.47 Å². The van der Waals surface area contributed by atoms with Gasteiger partial charge in [-0.3, -0.25) is 9.69 Å². The summed E-state index contributed by atoms with van der Waals surface area (Å²) in [4.78, 5) is 18.7. The van der Waals surface area contributed by atoms with Crippen LogP contribution < -0.4 is 10.1 Å². The molecule has 2 aliphatic heterocycles. The summed E-state index contributed by atoms with van der Waals surface area (Å²) in [5.74, 6) is 0.833. The first kappa shape index (κ1) is 16.2. The fourth-order valence-corrected chi connectivity index (χ4v) is 3.86. The van der Waals surface area contributed by atoms with Crippen molar-refractivity contribution in [2.75, 3.05) is 40.5 Å². The van der Waals surface area contributed by atoms with Crippen LogP contribution in [-0.2, 0) is 16.1 Å². The van der Waals surface area contributed by atoms with Gasteiger partial charge in [0.2, 0.25) is 11.8 Å². The van der Waals surface area contributed by atoms with Crippen LogP contribution in [0.15, 0.2) is 18.3 Å². The number of carbonyl (C=O) groups is 1. The molecule has 1 aromatic heterocycles. The standard InChI is InChI=1S/C17H25N3O3/c1-22-11-14-15(21)19-12-17(14)5-8-20(9-6-17)10-13-4-3-7-18-16(13)23-2/h3-4,7,14H,5-6,8-12H2,1-2H3,(H,19,21). The number of aromatic nitrogens is 1. The second kappa shape index (κ2) is 6.84. The van der Waals surface area contributed by atoms with Gasteiger partial charge in [0, 0.05) is 37.4 Å². The van der Waals surface area contributed by atoms with Crippen LogP contribution in [0.5, 0.6) is 5.88 Å². The molecule has 0 radical (unpaired) electrons. The molecule has 0 aliphatic carbocycles. The number of likely N-dealkylation sites (tertiary alicyclic amines) is 1. The number of hydrogen-bond acceptors (Lipinski definition) is 5. The van der Waals surface area contributed by atoms with Crippen molar-refractivity contribution in [3.63, 3.8) is 0 Å². The summed E-state index contributed by atoms with van der Waals surface area (Å²) in [6.45, 7) is 4.09. The molecule has 1 N–H and O–H groups in total. The zero-order valence-corrected chi connectivity index (χ0v) is 13.9. The second-order valence-corrected chi connectivity index (χ2v) is 6.54. The first-order valence-electron chi connectivity index (χ1n) is 8.15. The van der Waals surface area contributed by atoms with Gasteiger partial charge in [0.05, 0.1) is 19.6 Å². The van der Waals surface area contributed by atoms with Gasteiger partial charge >= 0.3 is 0 Å². The SMILES string of the molecule is COCC1C(=O)NCC12CCN(Cc1cccnc1OC)CC2. The predicted molar refractivity (Wildman–Crippen MR) is 86.1 cm³/mol. The molecule has 0 saturated carbocycles. The monoisotopic (exact) mass is 319 g/mol. The minimum atomic E-state index is -0.0115. The van der Waals surface area contributed by atoms with Gasteiger partial charge in [-0.05, 0) is 32.0 Å². The highest BCUT2D eigenvalue weighted by Gasteiger charge is 2.49. The highest BCUT2D eigenvalue weighted by Crippen LogP contribution is 2.42. The molecule has 1 aromatic rings. The van der Waals surface area contributed by atoms with Crippen LogP contribution in [-0.4, -0.2) is 56.3 Å². The van der Waals surface area contributed by atoms with Crippen LogP contribution >= 0.6 is 0 Å². The number of nitrogens with one attached hydrogen (secondary N) is 1. The molecule has 1 spiro atoms. The smallest absolute Gasteiger partial charge is 0.226 e. The lowest BCUT2D eigenvalue weighted by molar-refractivity contribution is -0.126. The van der Waals surface area contributed by atoms with Crippen molar-refractivity contribution >= 4 is 5.91 Å². The minimum absolute atomic E-state index is 0.0115. The first-order chi connectivity index (χ1) is 11.2. The van der Waals surface area contributed by atoms with Gasteiger partial charge in [-0.25, -0.2) is 4.98 Å². The lowest BCUT2D eigenvalue weighted by Crippen LogP contribution is -2.45. The molecule has 3 rings (SSSR count). The topological polar surface area (TPSA) is 63.7 Å². The Labute approximate surface area is 137 Å². The van der Waals surface area contributed by atoms with Crippen LogP contribution in [0.2, 0.25) is 0 Å². The Balaban J connectivity index is 1.63. The van der Waals surface area contributed by atoms with Crippen molar-refractivity contribution in [3.8, 4) is 5.88 Å². The largest absolute Gasteiger partial charge is 0.481 e. The van der Waals surface area contributed by atoms with Crippen LogP contribution in [0.4, 0.5) is 0 Å². The maximum atomic E-state index is 12.1. The predicted octanol–water partition coefficient (Wildman–Crippen LogP) is 1.06. The number of ether oxygens (including phenoxy) is 2. The molecule has 3 heterocycles. The molecule has 2 aliphatic rings. The van der Waals surface area contributed by atoms with Gasteiger partial charge in [-0.2, -0.15) is 0 Å². The van der Waals surface area contributed by atoms with Crippen molar-refractivity contribution in [1.29, 1.82) is 0 Å². The molecule has 1 unspecified atom stereocenters. The maximum Gasteiger partial charge on any atom is 0.226 e. The number of pyridine rings is 1. The van der Waals surface area contributed by atoms with E-state index in [-0.39, 0.29) is 17.2 Å². The molecular weight excluding hydrogens is 294 g/mol. The van der Waals surface area contributed by atoms with Gasteiger partial charge in [0.1, 0.15) is 0 Å². The summed E-state index contributed by atoms with van der Waals surface area (Å²) in [6, 6.07) is 4.00. The Morgan fingerprint density at radius 3 is 2.87 bits per heavy atom.